The van der Waals surface area contributed by atoms with Crippen LogP contribution in [-0.4, -0.2) is 402 Å². The van der Waals surface area contributed by atoms with Gasteiger partial charge in [-0.25, -0.2) is 0 Å². The molecular formula is C48H80N2O37S2. The number of ether oxygens (including phenoxy) is 14. The number of hydrogen-bond donors (Lipinski definition) is 23. The van der Waals surface area contributed by atoms with Gasteiger partial charge in [-0.1, -0.05) is 0 Å². The summed E-state index contributed by atoms with van der Waals surface area (Å²) in [5.41, 5.74) is 11.4. The number of rotatable bonds is 15. The Hall–Kier alpha value is -1.76. The lowest BCUT2D eigenvalue weighted by molar-refractivity contribution is -0.395. The predicted molar refractivity (Wildman–Crippen MR) is 280 cm³/mol. The van der Waals surface area contributed by atoms with Crippen molar-refractivity contribution < 1.29 is 183 Å². The van der Waals surface area contributed by atoms with Gasteiger partial charge in [-0.3, -0.25) is 9.59 Å². The maximum Gasteiger partial charge on any atom is 0.321 e. The fourth-order valence-corrected chi connectivity index (χ4v) is 13.2. The first-order valence-electron chi connectivity index (χ1n) is 28.1. The number of hydrogen-bond acceptors (Lipinski definition) is 39. The topological polar surface area (TPSA) is 640 Å². The van der Waals surface area contributed by atoms with E-state index in [4.69, 9.17) is 77.8 Å². The maximum atomic E-state index is 11.7. The van der Waals surface area contributed by atoms with Crippen molar-refractivity contribution in [3.8, 4) is 0 Å². The van der Waals surface area contributed by atoms with E-state index < -0.39 is 284 Å². The summed E-state index contributed by atoms with van der Waals surface area (Å²) in [4.78, 5) is 23.2. The Labute approximate surface area is 511 Å². The largest absolute Gasteiger partial charge is 0.480 e. The van der Waals surface area contributed by atoms with Crippen LogP contribution in [0.25, 0.3) is 0 Å². The molecule has 41 heteroatoms. The van der Waals surface area contributed by atoms with Gasteiger partial charge in [0.1, 0.15) is 171 Å². The first-order chi connectivity index (χ1) is 42.2. The van der Waals surface area contributed by atoms with Crippen molar-refractivity contribution in [3.05, 3.63) is 0 Å². The molecule has 14 unspecified atom stereocenters. The van der Waals surface area contributed by atoms with Crippen LogP contribution in [0.1, 0.15) is 0 Å². The molecule has 21 rings (SSSR count). The van der Waals surface area contributed by atoms with Crippen LogP contribution in [-0.2, 0) is 75.9 Å². The van der Waals surface area contributed by atoms with Crippen molar-refractivity contribution in [2.24, 2.45) is 11.5 Å². The number of carbonyl (C=O) groups is 2. The zero-order valence-electron chi connectivity index (χ0n) is 46.6. The highest BCUT2D eigenvalue weighted by Gasteiger charge is 2.60. The number of carboxylic acids is 2. The summed E-state index contributed by atoms with van der Waals surface area (Å²) in [7, 11) is 0. The van der Waals surface area contributed by atoms with E-state index in [1.54, 1.807) is 0 Å². The minimum atomic E-state index is -2.27. The van der Waals surface area contributed by atoms with Gasteiger partial charge in [0.15, 0.2) is 44.0 Å². The molecule has 0 aromatic heterocycles. The third-order valence-electron chi connectivity index (χ3n) is 16.2. The molecular weight excluding hydrogens is 1260 g/mol. The molecule has 21 heterocycles. The number of aliphatic carboxylic acids is 2. The number of aliphatic hydroxyl groups excluding tert-OH is 19. The van der Waals surface area contributed by atoms with Crippen molar-refractivity contribution in [2.45, 2.75) is 227 Å². The van der Waals surface area contributed by atoms with E-state index in [-0.39, 0.29) is 11.5 Å². The molecule has 39 nitrogen and oxygen atoms in total. The van der Waals surface area contributed by atoms with Crippen LogP contribution in [0, 0.1) is 0 Å². The smallest absolute Gasteiger partial charge is 0.321 e. The maximum absolute atomic E-state index is 11.7. The lowest BCUT2D eigenvalue weighted by atomic mass is 9.95. The Kier molecular flexibility index (Phi) is 26.2. The molecule has 0 saturated carbocycles. The monoisotopic (exact) mass is 1340 g/mol. The Bertz CT molecular complexity index is 2200. The van der Waals surface area contributed by atoms with Gasteiger partial charge in [0.2, 0.25) is 0 Å². The van der Waals surface area contributed by atoms with E-state index in [1.807, 2.05) is 0 Å². The molecule has 0 aromatic carbocycles. The minimum absolute atomic E-state index is 0.319. The van der Waals surface area contributed by atoms with E-state index >= 15 is 0 Å². The second-order valence-corrected chi connectivity index (χ2v) is 24.4. The normalized spacial score (nSPS) is 50.1. The van der Waals surface area contributed by atoms with E-state index in [0.29, 0.717) is 0 Å². The fraction of sp³-hybridized carbons (Fsp3) is 0.958. The van der Waals surface area contributed by atoms with Crippen LogP contribution in [0.5, 0.6) is 0 Å². The SMILES string of the molecule is N[C@H](CSCC1O[C@@H]2O[C@@H]3C(CO)O[C@@H](O[C@@H]4C(CO)O[C@@H](O[C@@H]5C(CSC[C@@H](N)C(=O)O)O[C@@H](O[C@@H]6C(CO)O[C@@H](O[C@@H]7C(CO)O[C@H](O[C@@H]8C(CO)O[C@H](O[C@H]1[C@H](O)C2O)C(O)[C@H]8O)C(O)[C@H]7O)C(O)[C@H]6O)C(O)[C@H]5O)C(O)[C@H]4O)C(O)[C@H]3O)C(=O)O. The van der Waals surface area contributed by atoms with Crippen LogP contribution in [0.2, 0.25) is 0 Å². The first kappa shape index (κ1) is 73.1. The summed E-state index contributed by atoms with van der Waals surface area (Å²) in [6.07, 6.45) is -71.4. The summed E-state index contributed by atoms with van der Waals surface area (Å²) in [6, 6.07) is -2.94. The predicted octanol–water partition coefficient (Wildman–Crippen LogP) is -14.9. The van der Waals surface area contributed by atoms with Gasteiger partial charge < -0.3 is 185 Å². The molecule has 21 saturated heterocycles. The lowest BCUT2D eigenvalue weighted by Crippen LogP contribution is -2.68. The average molecular weight is 1340 g/mol. The summed E-state index contributed by atoms with van der Waals surface area (Å²) in [6.45, 7) is -5.43. The molecule has 0 aliphatic carbocycles. The Morgan fingerprint density at radius 1 is 0.281 bits per heavy atom. The molecule has 516 valence electrons. The molecule has 0 aromatic rings. The van der Waals surface area contributed by atoms with Crippen LogP contribution in [0.4, 0.5) is 0 Å². The Morgan fingerprint density at radius 2 is 0.438 bits per heavy atom. The summed E-state index contributed by atoms with van der Waals surface area (Å²) in [5.74, 6) is -4.26. The molecule has 25 N–H and O–H groups in total. The number of carboxylic acid groups (broad SMARTS) is 2. The first-order valence-corrected chi connectivity index (χ1v) is 30.4. The number of nitrogens with two attached hydrogens (primary N) is 2. The van der Waals surface area contributed by atoms with Gasteiger partial charge >= 0.3 is 11.9 Å². The lowest BCUT2D eigenvalue weighted by Gasteiger charge is -2.50. The molecule has 0 amide bonds. The summed E-state index contributed by atoms with van der Waals surface area (Å²) in [5, 5.41) is 233. The van der Waals surface area contributed by atoms with Crippen molar-refractivity contribution in [1.29, 1.82) is 0 Å². The minimum Gasteiger partial charge on any atom is -0.480 e. The zero-order chi connectivity index (χ0) is 65.2. The van der Waals surface area contributed by atoms with E-state index in [0.717, 1.165) is 23.5 Å². The van der Waals surface area contributed by atoms with E-state index in [2.05, 4.69) is 0 Å². The average Bonchev–Trinajstić information content (AvgIpc) is 0.983. The van der Waals surface area contributed by atoms with Gasteiger partial charge in [-0.15, -0.1) is 0 Å². The summed E-state index contributed by atoms with van der Waals surface area (Å²) < 4.78 is 81.6. The quantitative estimate of drug-likeness (QED) is 0.0724. The Balaban J connectivity index is 1.11. The van der Waals surface area contributed by atoms with Crippen molar-refractivity contribution in [2.75, 3.05) is 56.0 Å². The standard InChI is InChI=1S/C48H80N2O37S2/c49-10(40(70)71)6-88-8-17-38-25(62)32(69)48(80-17)85-37-16(5-55)76-44(28(65)21(37)58)83-35-14(3-53)78-46(30(67)23(35)60)87-39-18(9-89-7-11(50)41(72)73)79-47(31(68)24(39)61)84-36-15(4-54)75-43(27(64)20(36)57)81-33-12(1-51)74-42(26(63)19(33)56)82-34-13(2-52)77-45(86-38)29(66)22(34)59/h10-39,42-48,51-69H,1-9,49-50H2,(H,70,71)(H,72,73)/t10-,11-,12?,13?,14?,15?,16?,17?,18?,19-,20-,21-,22-,23-,24-,25-,26?,27?,28?,29?,30?,31?,32?,33-,34-,35-,36-,37-,38-,39-,42-,43+,44+,45-,46+,47+,48-/m1/s1. The number of thioether (sulfide) groups is 2. The molecule has 14 bridgehead atoms. The highest BCUT2D eigenvalue weighted by molar-refractivity contribution is 7.99. The van der Waals surface area contributed by atoms with Crippen molar-refractivity contribution in [3.63, 3.8) is 0 Å². The second-order valence-electron chi connectivity index (χ2n) is 22.3. The second kappa shape index (κ2) is 31.9. The molecule has 21 fully saturated rings. The highest BCUT2D eigenvalue weighted by Crippen LogP contribution is 2.40. The molecule has 21 aliphatic rings. The third kappa shape index (κ3) is 15.9. The van der Waals surface area contributed by atoms with Crippen molar-refractivity contribution in [1.82, 2.24) is 0 Å². The summed E-state index contributed by atoms with van der Waals surface area (Å²) >= 11 is 1.60. The number of aliphatic hydroxyl groups is 19. The van der Waals surface area contributed by atoms with E-state index in [1.165, 1.54) is 0 Å². The molecule has 0 radical (unpaired) electrons. The third-order valence-corrected chi connectivity index (χ3v) is 18.5. The molecule has 37 atom stereocenters. The van der Waals surface area contributed by atoms with Gasteiger partial charge in [0.25, 0.3) is 0 Å². The van der Waals surface area contributed by atoms with Crippen molar-refractivity contribution >= 4 is 35.5 Å². The molecule has 0 spiro atoms. The van der Waals surface area contributed by atoms with Gasteiger partial charge in [0, 0.05) is 23.0 Å². The molecule has 21 aliphatic heterocycles. The fourth-order valence-electron chi connectivity index (χ4n) is 11.2. The zero-order valence-corrected chi connectivity index (χ0v) is 48.3. The van der Waals surface area contributed by atoms with Crippen LogP contribution >= 0.6 is 23.5 Å². The molecule has 89 heavy (non-hydrogen) atoms. The van der Waals surface area contributed by atoms with E-state index in [9.17, 15) is 117 Å². The van der Waals surface area contributed by atoms with Gasteiger partial charge in [-0.2, -0.15) is 23.5 Å². The van der Waals surface area contributed by atoms with Crippen LogP contribution in [0.15, 0.2) is 0 Å². The van der Waals surface area contributed by atoms with Crippen LogP contribution < -0.4 is 11.5 Å². The van der Waals surface area contributed by atoms with Gasteiger partial charge in [0.05, 0.1) is 45.2 Å². The van der Waals surface area contributed by atoms with Gasteiger partial charge in [-0.05, 0) is 0 Å². The highest BCUT2D eigenvalue weighted by atomic mass is 32.2. The Morgan fingerprint density at radius 3 is 0.596 bits per heavy atom. The van der Waals surface area contributed by atoms with Crippen LogP contribution in [0.3, 0.4) is 0 Å².